The second-order valence-corrected chi connectivity index (χ2v) is 5.65. The molecule has 17 heavy (non-hydrogen) atoms. The molecule has 1 heterocycles. The molecule has 0 aliphatic carbocycles. The summed E-state index contributed by atoms with van der Waals surface area (Å²) in [5.74, 6) is 0.000739. The normalized spacial score (nSPS) is 11.7. The fraction of sp³-hybridized carbons (Fsp3) is 0. The van der Waals surface area contributed by atoms with E-state index in [1.165, 1.54) is 11.8 Å². The number of thiazole rings is 1. The number of nitrogens with zero attached hydrogens (tertiary/aromatic N) is 2. The molecule has 0 saturated heterocycles. The molecule has 4 nitrogen and oxygen atoms in total. The summed E-state index contributed by atoms with van der Waals surface area (Å²) in [7, 11) is 0. The van der Waals surface area contributed by atoms with Crippen LogP contribution in [-0.2, 0) is 0 Å². The van der Waals surface area contributed by atoms with Crippen LogP contribution in [0.1, 0.15) is 5.56 Å². The minimum absolute atomic E-state index is 0.000739. The SMILES string of the molecule is NC(=NO)c1ccc(Sc2nccs2)cc1Cl. The molecule has 0 aliphatic heterocycles. The number of amidine groups is 1. The zero-order valence-electron chi connectivity index (χ0n) is 8.50. The lowest BCUT2D eigenvalue weighted by molar-refractivity contribution is 0.318. The molecule has 1 aromatic heterocycles. The third-order valence-corrected chi connectivity index (χ3v) is 4.12. The van der Waals surface area contributed by atoms with Gasteiger partial charge in [0, 0.05) is 22.0 Å². The van der Waals surface area contributed by atoms with Gasteiger partial charge < -0.3 is 10.9 Å². The molecule has 0 fully saturated rings. The Balaban J connectivity index is 2.25. The minimum atomic E-state index is 0.000739. The summed E-state index contributed by atoms with van der Waals surface area (Å²) in [5.41, 5.74) is 5.99. The van der Waals surface area contributed by atoms with E-state index in [-0.39, 0.29) is 5.84 Å². The molecule has 0 bridgehead atoms. The molecule has 0 atom stereocenters. The summed E-state index contributed by atoms with van der Waals surface area (Å²) in [6.45, 7) is 0. The van der Waals surface area contributed by atoms with Crippen LogP contribution < -0.4 is 5.73 Å². The number of halogens is 1. The standard InChI is InChI=1S/C10H8ClN3OS2/c11-8-5-6(17-10-13-3-4-16-10)1-2-7(8)9(12)14-15/h1-5,15H,(H2,12,14). The Morgan fingerprint density at radius 1 is 1.53 bits per heavy atom. The van der Waals surface area contributed by atoms with Gasteiger partial charge in [0.05, 0.1) is 5.02 Å². The monoisotopic (exact) mass is 285 g/mol. The Morgan fingerprint density at radius 2 is 2.35 bits per heavy atom. The van der Waals surface area contributed by atoms with Crippen LogP contribution in [0.2, 0.25) is 5.02 Å². The Morgan fingerprint density at radius 3 is 2.94 bits per heavy atom. The summed E-state index contributed by atoms with van der Waals surface area (Å²) in [5, 5.41) is 13.9. The van der Waals surface area contributed by atoms with Crippen LogP contribution in [0.25, 0.3) is 0 Å². The predicted octanol–water partition coefficient (Wildman–Crippen LogP) is 3.04. The van der Waals surface area contributed by atoms with E-state index in [4.69, 9.17) is 22.5 Å². The summed E-state index contributed by atoms with van der Waals surface area (Å²) < 4.78 is 0.942. The van der Waals surface area contributed by atoms with Crippen LogP contribution in [0, 0.1) is 0 Å². The van der Waals surface area contributed by atoms with Crippen molar-refractivity contribution in [2.45, 2.75) is 9.24 Å². The van der Waals surface area contributed by atoms with Crippen molar-refractivity contribution in [1.82, 2.24) is 4.98 Å². The highest BCUT2D eigenvalue weighted by Crippen LogP contribution is 2.31. The molecule has 0 radical (unpaired) electrons. The van der Waals surface area contributed by atoms with Crippen LogP contribution in [0.15, 0.2) is 44.2 Å². The van der Waals surface area contributed by atoms with E-state index >= 15 is 0 Å². The Bertz CT molecular complexity index is 542. The van der Waals surface area contributed by atoms with Crippen molar-refractivity contribution in [3.63, 3.8) is 0 Å². The summed E-state index contributed by atoms with van der Waals surface area (Å²) in [6.07, 6.45) is 1.75. The van der Waals surface area contributed by atoms with E-state index in [1.807, 2.05) is 11.4 Å². The molecule has 0 saturated carbocycles. The zero-order valence-corrected chi connectivity index (χ0v) is 10.9. The van der Waals surface area contributed by atoms with Gasteiger partial charge in [-0.2, -0.15) is 0 Å². The minimum Gasteiger partial charge on any atom is -0.409 e. The van der Waals surface area contributed by atoms with Crippen LogP contribution in [0.4, 0.5) is 0 Å². The average molecular weight is 286 g/mol. The number of rotatable bonds is 3. The van der Waals surface area contributed by atoms with E-state index in [2.05, 4.69) is 10.1 Å². The van der Waals surface area contributed by atoms with Gasteiger partial charge in [0.2, 0.25) is 0 Å². The molecule has 2 aromatic rings. The first-order chi connectivity index (χ1) is 8.20. The van der Waals surface area contributed by atoms with Crippen LogP contribution in [0.5, 0.6) is 0 Å². The van der Waals surface area contributed by atoms with Crippen molar-refractivity contribution in [2.75, 3.05) is 0 Å². The lowest BCUT2D eigenvalue weighted by Crippen LogP contribution is -2.13. The maximum atomic E-state index is 8.58. The fourth-order valence-electron chi connectivity index (χ4n) is 1.18. The first kappa shape index (κ1) is 12.2. The number of aromatic nitrogens is 1. The van der Waals surface area contributed by atoms with E-state index in [9.17, 15) is 0 Å². The molecule has 3 N–H and O–H groups in total. The van der Waals surface area contributed by atoms with Crippen molar-refractivity contribution < 1.29 is 5.21 Å². The van der Waals surface area contributed by atoms with Crippen molar-refractivity contribution in [3.8, 4) is 0 Å². The molecule has 88 valence electrons. The van der Waals surface area contributed by atoms with Gasteiger partial charge in [0.15, 0.2) is 10.2 Å². The van der Waals surface area contributed by atoms with Gasteiger partial charge >= 0.3 is 0 Å². The third-order valence-electron chi connectivity index (χ3n) is 1.94. The molecule has 0 unspecified atom stereocenters. The highest BCUT2D eigenvalue weighted by atomic mass is 35.5. The molecule has 0 spiro atoms. The summed E-state index contributed by atoms with van der Waals surface area (Å²) >= 11 is 9.12. The highest BCUT2D eigenvalue weighted by Gasteiger charge is 2.07. The fourth-order valence-corrected chi connectivity index (χ4v) is 3.16. The molecular formula is C10H8ClN3OS2. The van der Waals surface area contributed by atoms with Crippen molar-refractivity contribution >= 4 is 40.5 Å². The quantitative estimate of drug-likeness (QED) is 0.393. The average Bonchev–Trinajstić information content (AvgIpc) is 2.81. The molecule has 1 aromatic carbocycles. The Labute approximate surface area is 111 Å². The van der Waals surface area contributed by atoms with Crippen molar-refractivity contribution in [1.29, 1.82) is 0 Å². The zero-order chi connectivity index (χ0) is 12.3. The van der Waals surface area contributed by atoms with Gasteiger partial charge in [0.25, 0.3) is 0 Å². The Kier molecular flexibility index (Phi) is 3.88. The van der Waals surface area contributed by atoms with E-state index < -0.39 is 0 Å². The van der Waals surface area contributed by atoms with Gasteiger partial charge in [-0.25, -0.2) is 4.98 Å². The van der Waals surface area contributed by atoms with Gasteiger partial charge in [0.1, 0.15) is 0 Å². The van der Waals surface area contributed by atoms with E-state index in [0.717, 1.165) is 9.24 Å². The van der Waals surface area contributed by atoms with E-state index in [1.54, 1.807) is 29.7 Å². The molecule has 2 rings (SSSR count). The predicted molar refractivity (Wildman–Crippen MR) is 70.2 cm³/mol. The number of benzene rings is 1. The number of hydrogen-bond acceptors (Lipinski definition) is 5. The number of hydrogen-bond donors (Lipinski definition) is 2. The maximum Gasteiger partial charge on any atom is 0.171 e. The van der Waals surface area contributed by atoms with Gasteiger partial charge in [-0.1, -0.05) is 28.5 Å². The lowest BCUT2D eigenvalue weighted by atomic mass is 10.2. The highest BCUT2D eigenvalue weighted by molar-refractivity contribution is 8.01. The second-order valence-electron chi connectivity index (χ2n) is 3.03. The topological polar surface area (TPSA) is 71.5 Å². The largest absolute Gasteiger partial charge is 0.409 e. The van der Waals surface area contributed by atoms with Crippen LogP contribution in [-0.4, -0.2) is 16.0 Å². The van der Waals surface area contributed by atoms with Crippen LogP contribution >= 0.6 is 34.7 Å². The molecule has 7 heteroatoms. The smallest absolute Gasteiger partial charge is 0.171 e. The number of oxime groups is 1. The van der Waals surface area contributed by atoms with Crippen molar-refractivity contribution in [3.05, 3.63) is 40.4 Å². The summed E-state index contributed by atoms with van der Waals surface area (Å²) in [6, 6.07) is 5.33. The van der Waals surface area contributed by atoms with E-state index in [0.29, 0.717) is 10.6 Å². The first-order valence-electron chi connectivity index (χ1n) is 4.55. The lowest BCUT2D eigenvalue weighted by Gasteiger charge is -2.04. The van der Waals surface area contributed by atoms with Gasteiger partial charge in [-0.05, 0) is 18.2 Å². The Hall–Kier alpha value is -1.24. The van der Waals surface area contributed by atoms with Crippen LogP contribution in [0.3, 0.4) is 0 Å². The molecular weight excluding hydrogens is 278 g/mol. The molecule has 0 amide bonds. The second kappa shape index (κ2) is 5.39. The number of nitrogens with two attached hydrogens (primary N) is 1. The molecule has 0 aliphatic rings. The van der Waals surface area contributed by atoms with Gasteiger partial charge in [-0.3, -0.25) is 0 Å². The van der Waals surface area contributed by atoms with Gasteiger partial charge in [-0.15, -0.1) is 11.3 Å². The van der Waals surface area contributed by atoms with Crippen molar-refractivity contribution in [2.24, 2.45) is 10.9 Å². The summed E-state index contributed by atoms with van der Waals surface area (Å²) in [4.78, 5) is 5.12. The first-order valence-corrected chi connectivity index (χ1v) is 6.63. The third kappa shape index (κ3) is 2.91. The maximum absolute atomic E-state index is 8.58.